The maximum absolute atomic E-state index is 12.6. The average Bonchev–Trinajstić information content (AvgIpc) is 2.65. The fraction of sp³-hybridized carbons (Fsp3) is 0.227. The number of carbonyl (C=O) groups excluding carboxylic acids is 1. The summed E-state index contributed by atoms with van der Waals surface area (Å²) in [6.45, 7) is 4.02. The van der Waals surface area contributed by atoms with Crippen LogP contribution in [0.2, 0.25) is 0 Å². The van der Waals surface area contributed by atoms with E-state index in [4.69, 9.17) is 0 Å². The van der Waals surface area contributed by atoms with Crippen LogP contribution in [-0.4, -0.2) is 15.9 Å². The van der Waals surface area contributed by atoms with Gasteiger partial charge in [0.2, 0.25) is 5.91 Å². The molecule has 0 aliphatic heterocycles. The Kier molecular flexibility index (Phi) is 5.81. The summed E-state index contributed by atoms with van der Waals surface area (Å²) in [6.07, 6.45) is 0.330. The van der Waals surface area contributed by atoms with Crippen LogP contribution < -0.4 is 10.9 Å². The molecule has 0 bridgehead atoms. The van der Waals surface area contributed by atoms with Gasteiger partial charge in [-0.1, -0.05) is 54.6 Å². The Morgan fingerprint density at radius 1 is 1.07 bits per heavy atom. The van der Waals surface area contributed by atoms with Crippen molar-refractivity contribution in [1.82, 2.24) is 15.3 Å². The molecule has 1 amide bonds. The summed E-state index contributed by atoms with van der Waals surface area (Å²) < 4.78 is 0. The molecule has 2 N–H and O–H groups in total. The Morgan fingerprint density at radius 2 is 1.78 bits per heavy atom. The third-order valence-electron chi connectivity index (χ3n) is 4.54. The minimum Gasteiger partial charge on any atom is -0.350 e. The van der Waals surface area contributed by atoms with E-state index in [0.717, 1.165) is 16.7 Å². The molecule has 0 aliphatic carbocycles. The zero-order chi connectivity index (χ0) is 19.2. The first-order valence-electron chi connectivity index (χ1n) is 8.97. The molecule has 1 heterocycles. The van der Waals surface area contributed by atoms with Gasteiger partial charge in [-0.2, -0.15) is 0 Å². The quantitative estimate of drug-likeness (QED) is 0.708. The van der Waals surface area contributed by atoms with Gasteiger partial charge in [0.05, 0.1) is 12.2 Å². The van der Waals surface area contributed by atoms with Crippen molar-refractivity contribution in [3.05, 3.63) is 99.2 Å². The van der Waals surface area contributed by atoms with Gasteiger partial charge >= 0.3 is 0 Å². The Morgan fingerprint density at radius 3 is 2.48 bits per heavy atom. The van der Waals surface area contributed by atoms with Crippen LogP contribution >= 0.6 is 0 Å². The van der Waals surface area contributed by atoms with E-state index in [1.165, 1.54) is 6.07 Å². The van der Waals surface area contributed by atoms with E-state index in [2.05, 4.69) is 34.3 Å². The fourth-order valence-electron chi connectivity index (χ4n) is 3.25. The highest BCUT2D eigenvalue weighted by Gasteiger charge is 2.19. The van der Waals surface area contributed by atoms with Gasteiger partial charge in [0, 0.05) is 18.4 Å². The number of H-pyrrole nitrogens is 1. The molecule has 5 nitrogen and oxygen atoms in total. The summed E-state index contributed by atoms with van der Waals surface area (Å²) in [7, 11) is 0. The average molecular weight is 361 g/mol. The van der Waals surface area contributed by atoms with Crippen LogP contribution in [0.1, 0.15) is 40.5 Å². The van der Waals surface area contributed by atoms with E-state index in [1.54, 1.807) is 6.92 Å². The predicted octanol–water partition coefficient (Wildman–Crippen LogP) is 3.23. The summed E-state index contributed by atoms with van der Waals surface area (Å²) >= 11 is 0. The van der Waals surface area contributed by atoms with Crippen LogP contribution in [-0.2, 0) is 11.3 Å². The van der Waals surface area contributed by atoms with Gasteiger partial charge in [0.1, 0.15) is 5.82 Å². The Bertz CT molecular complexity index is 980. The second-order valence-electron chi connectivity index (χ2n) is 6.62. The van der Waals surface area contributed by atoms with Crippen molar-refractivity contribution in [3.8, 4) is 0 Å². The van der Waals surface area contributed by atoms with E-state index in [9.17, 15) is 9.59 Å². The molecule has 3 aromatic rings. The number of nitrogens with zero attached hydrogens (tertiary/aromatic N) is 1. The molecule has 0 spiro atoms. The highest BCUT2D eigenvalue weighted by molar-refractivity contribution is 5.77. The first kappa shape index (κ1) is 18.6. The highest BCUT2D eigenvalue weighted by atomic mass is 16.1. The second-order valence-corrected chi connectivity index (χ2v) is 6.62. The minimum atomic E-state index is -0.214. The van der Waals surface area contributed by atoms with Crippen LogP contribution in [0.25, 0.3) is 0 Å². The third-order valence-corrected chi connectivity index (χ3v) is 4.54. The number of aryl methyl sites for hydroxylation is 2. The maximum Gasteiger partial charge on any atom is 0.251 e. The summed E-state index contributed by atoms with van der Waals surface area (Å²) in [4.78, 5) is 31.0. The minimum absolute atomic E-state index is 0.0266. The standard InChI is InChI=1S/C22H23N3O2/c1-15-8-6-7-11-19(15)20(17-9-4-3-5-10-17)13-21(26)23-14-18-12-22(27)25-16(2)24-18/h3-12,20H,13-14H2,1-2H3,(H,23,26)(H,24,25,27)/t20-/m0/s1. The third kappa shape index (κ3) is 4.91. The topological polar surface area (TPSA) is 74.8 Å². The van der Waals surface area contributed by atoms with Gasteiger partial charge in [-0.05, 0) is 30.5 Å². The SMILES string of the molecule is Cc1nc(CNC(=O)C[C@@H](c2ccccc2)c2ccccc2C)cc(=O)[nH]1. The molecular formula is C22H23N3O2. The van der Waals surface area contributed by atoms with E-state index in [1.807, 2.05) is 42.5 Å². The largest absolute Gasteiger partial charge is 0.350 e. The second kappa shape index (κ2) is 8.45. The van der Waals surface area contributed by atoms with E-state index in [-0.39, 0.29) is 23.9 Å². The molecule has 0 saturated heterocycles. The number of benzene rings is 2. The summed E-state index contributed by atoms with van der Waals surface area (Å²) in [6, 6.07) is 19.6. The number of aromatic amines is 1. The normalized spacial score (nSPS) is 11.8. The molecule has 5 heteroatoms. The molecule has 0 fully saturated rings. The van der Waals surface area contributed by atoms with Gasteiger partial charge in [0.25, 0.3) is 5.56 Å². The number of rotatable bonds is 6. The van der Waals surface area contributed by atoms with Crippen LogP contribution in [0.3, 0.4) is 0 Å². The molecule has 2 aromatic carbocycles. The number of hydrogen-bond acceptors (Lipinski definition) is 3. The summed E-state index contributed by atoms with van der Waals surface area (Å²) in [5, 5.41) is 2.89. The zero-order valence-corrected chi connectivity index (χ0v) is 15.5. The van der Waals surface area contributed by atoms with Crippen LogP contribution in [0.5, 0.6) is 0 Å². The van der Waals surface area contributed by atoms with Crippen molar-refractivity contribution in [2.75, 3.05) is 0 Å². The lowest BCUT2D eigenvalue weighted by molar-refractivity contribution is -0.121. The van der Waals surface area contributed by atoms with Gasteiger partial charge in [-0.15, -0.1) is 0 Å². The van der Waals surface area contributed by atoms with Gasteiger partial charge in [-0.3, -0.25) is 9.59 Å². The van der Waals surface area contributed by atoms with Crippen LogP contribution in [0, 0.1) is 13.8 Å². The molecule has 0 radical (unpaired) electrons. The van der Waals surface area contributed by atoms with E-state index in [0.29, 0.717) is 17.9 Å². The van der Waals surface area contributed by atoms with Crippen molar-refractivity contribution in [1.29, 1.82) is 0 Å². The predicted molar refractivity (Wildman–Crippen MR) is 106 cm³/mol. The highest BCUT2D eigenvalue weighted by Crippen LogP contribution is 2.30. The molecule has 0 aliphatic rings. The smallest absolute Gasteiger partial charge is 0.251 e. The van der Waals surface area contributed by atoms with E-state index >= 15 is 0 Å². The van der Waals surface area contributed by atoms with Crippen molar-refractivity contribution < 1.29 is 4.79 Å². The number of nitrogens with one attached hydrogen (secondary N) is 2. The van der Waals surface area contributed by atoms with Crippen LogP contribution in [0.15, 0.2) is 65.5 Å². The van der Waals surface area contributed by atoms with Gasteiger partial charge in [-0.25, -0.2) is 4.98 Å². The number of carbonyl (C=O) groups is 1. The van der Waals surface area contributed by atoms with Crippen molar-refractivity contribution >= 4 is 5.91 Å². The van der Waals surface area contributed by atoms with Gasteiger partial charge in [0.15, 0.2) is 0 Å². The lowest BCUT2D eigenvalue weighted by Crippen LogP contribution is -2.26. The first-order chi connectivity index (χ1) is 13.0. The molecule has 3 rings (SSSR count). The molecule has 1 atom stereocenters. The van der Waals surface area contributed by atoms with Crippen molar-refractivity contribution in [2.24, 2.45) is 0 Å². The summed E-state index contributed by atoms with van der Waals surface area (Å²) in [5.74, 6) is 0.432. The lowest BCUT2D eigenvalue weighted by atomic mass is 9.86. The molecular weight excluding hydrogens is 338 g/mol. The molecule has 138 valence electrons. The molecule has 0 unspecified atom stereocenters. The number of aromatic nitrogens is 2. The molecule has 1 aromatic heterocycles. The lowest BCUT2D eigenvalue weighted by Gasteiger charge is -2.20. The Hall–Kier alpha value is -3.21. The molecule has 27 heavy (non-hydrogen) atoms. The molecule has 0 saturated carbocycles. The number of amides is 1. The van der Waals surface area contributed by atoms with Crippen LogP contribution in [0.4, 0.5) is 0 Å². The monoisotopic (exact) mass is 361 g/mol. The fourth-order valence-corrected chi connectivity index (χ4v) is 3.25. The van der Waals surface area contributed by atoms with Crippen molar-refractivity contribution in [3.63, 3.8) is 0 Å². The van der Waals surface area contributed by atoms with Crippen molar-refractivity contribution in [2.45, 2.75) is 32.7 Å². The van der Waals surface area contributed by atoms with Gasteiger partial charge < -0.3 is 10.3 Å². The number of hydrogen-bond donors (Lipinski definition) is 2. The van der Waals surface area contributed by atoms with E-state index < -0.39 is 0 Å². The maximum atomic E-state index is 12.6. The Balaban J connectivity index is 1.77. The Labute approximate surface area is 158 Å². The summed E-state index contributed by atoms with van der Waals surface area (Å²) in [5.41, 5.74) is 3.74. The first-order valence-corrected chi connectivity index (χ1v) is 8.97. The zero-order valence-electron chi connectivity index (χ0n) is 15.5.